The number of alkyl carbamates (subject to hydrolysis) is 1. The molecule has 2 atom stereocenters. The highest BCUT2D eigenvalue weighted by molar-refractivity contribution is 5.93. The van der Waals surface area contributed by atoms with Gasteiger partial charge < -0.3 is 25.4 Å². The Bertz CT molecular complexity index is 1140. The molecule has 0 aliphatic rings. The average Bonchev–Trinajstić information content (AvgIpc) is 2.82. The molecule has 39 heavy (non-hydrogen) atoms. The summed E-state index contributed by atoms with van der Waals surface area (Å²) in [6.45, 7) is 16.4. The second kappa shape index (κ2) is 13.0. The molecule has 0 aliphatic carbocycles. The van der Waals surface area contributed by atoms with Crippen LogP contribution in [-0.4, -0.2) is 51.1 Å². The fourth-order valence-corrected chi connectivity index (χ4v) is 4.28. The van der Waals surface area contributed by atoms with Crippen LogP contribution in [0.2, 0.25) is 0 Å². The largest absolute Gasteiger partial charge is 0.507 e. The number of phenolic OH excluding ortho intramolecular Hbond substituents is 1. The molecule has 0 radical (unpaired) electrons. The fraction of sp³-hybridized carbons (Fsp3) is 0.516. The third-order valence-corrected chi connectivity index (χ3v) is 6.53. The van der Waals surface area contributed by atoms with Crippen LogP contribution in [0.1, 0.15) is 84.5 Å². The normalized spacial score (nSPS) is 13.4. The molecule has 0 saturated heterocycles. The second-order valence-electron chi connectivity index (χ2n) is 11.8. The van der Waals surface area contributed by atoms with Crippen molar-refractivity contribution in [2.24, 2.45) is 0 Å². The van der Waals surface area contributed by atoms with Gasteiger partial charge >= 0.3 is 6.09 Å². The third-order valence-electron chi connectivity index (χ3n) is 6.53. The number of phenols is 1. The van der Waals surface area contributed by atoms with E-state index in [4.69, 9.17) is 4.74 Å². The number of rotatable bonds is 10. The molecule has 0 spiro atoms. The van der Waals surface area contributed by atoms with E-state index in [1.807, 2.05) is 65.0 Å². The van der Waals surface area contributed by atoms with E-state index in [1.165, 1.54) is 4.90 Å². The summed E-state index contributed by atoms with van der Waals surface area (Å²) in [5.74, 6) is -0.927. The second-order valence-corrected chi connectivity index (χ2v) is 11.8. The van der Waals surface area contributed by atoms with E-state index in [0.29, 0.717) is 17.5 Å². The molecule has 3 amide bonds. The van der Waals surface area contributed by atoms with Gasteiger partial charge in [0.05, 0.1) is 0 Å². The van der Waals surface area contributed by atoms with Gasteiger partial charge in [-0.25, -0.2) is 4.79 Å². The maximum absolute atomic E-state index is 14.5. The van der Waals surface area contributed by atoms with Crippen LogP contribution in [0.4, 0.5) is 4.79 Å². The third kappa shape index (κ3) is 8.73. The van der Waals surface area contributed by atoms with Gasteiger partial charge in [-0.1, -0.05) is 55.5 Å². The number of benzene rings is 2. The molecule has 3 N–H and O–H groups in total. The van der Waals surface area contributed by atoms with Crippen molar-refractivity contribution >= 4 is 17.9 Å². The van der Waals surface area contributed by atoms with E-state index in [9.17, 15) is 19.5 Å². The van der Waals surface area contributed by atoms with Crippen LogP contribution < -0.4 is 10.6 Å². The van der Waals surface area contributed by atoms with E-state index in [-0.39, 0.29) is 18.2 Å². The first-order valence-corrected chi connectivity index (χ1v) is 13.5. The van der Waals surface area contributed by atoms with Crippen molar-refractivity contribution in [3.05, 3.63) is 65.2 Å². The Morgan fingerprint density at radius 1 is 0.949 bits per heavy atom. The van der Waals surface area contributed by atoms with Crippen molar-refractivity contribution in [3.8, 4) is 5.75 Å². The summed E-state index contributed by atoms with van der Waals surface area (Å²) in [4.78, 5) is 42.7. The first kappa shape index (κ1) is 31.7. The monoisotopic (exact) mass is 539 g/mol. The molecule has 0 aliphatic heterocycles. The topological polar surface area (TPSA) is 108 Å². The van der Waals surface area contributed by atoms with E-state index >= 15 is 0 Å². The summed E-state index contributed by atoms with van der Waals surface area (Å²) in [6, 6.07) is 12.1. The van der Waals surface area contributed by atoms with E-state index in [0.717, 1.165) is 5.56 Å². The predicted molar refractivity (Wildman–Crippen MR) is 153 cm³/mol. The van der Waals surface area contributed by atoms with Gasteiger partial charge in [-0.2, -0.15) is 0 Å². The number of hydrogen-bond donors (Lipinski definition) is 3. The lowest BCUT2D eigenvalue weighted by Crippen LogP contribution is -2.60. The van der Waals surface area contributed by atoms with Crippen LogP contribution in [0, 0.1) is 6.92 Å². The molecule has 2 aromatic rings. The predicted octanol–water partition coefficient (Wildman–Crippen LogP) is 5.42. The number of aryl methyl sites for hydroxylation is 1. The standard InChI is InChI=1S/C31H45N3O5/c1-10-31(8,9)34(25(27(36)32-20(2)3)23-18-14-15-21(4)26(23)35)28(37)24(19-22-16-12-11-13-17-22)33-29(38)39-30(5,6)7/h11-18,20,24-25,35H,10,19H2,1-9H3,(H,32,36)(H,33,38). The van der Waals surface area contributed by atoms with Gasteiger partial charge in [0.15, 0.2) is 0 Å². The maximum atomic E-state index is 14.5. The van der Waals surface area contributed by atoms with Gasteiger partial charge in [0.1, 0.15) is 23.4 Å². The van der Waals surface area contributed by atoms with Crippen molar-refractivity contribution in [1.82, 2.24) is 15.5 Å². The highest BCUT2D eigenvalue weighted by Gasteiger charge is 2.44. The highest BCUT2D eigenvalue weighted by atomic mass is 16.6. The first-order chi connectivity index (χ1) is 18.1. The van der Waals surface area contributed by atoms with Crippen LogP contribution in [0.25, 0.3) is 0 Å². The zero-order valence-corrected chi connectivity index (χ0v) is 24.8. The van der Waals surface area contributed by atoms with Crippen molar-refractivity contribution in [3.63, 3.8) is 0 Å². The molecule has 2 rings (SSSR count). The molecule has 0 saturated carbocycles. The molecule has 2 unspecified atom stereocenters. The number of nitrogens with zero attached hydrogens (tertiary/aromatic N) is 1. The summed E-state index contributed by atoms with van der Waals surface area (Å²) in [5, 5.41) is 16.7. The zero-order chi connectivity index (χ0) is 29.5. The number of aromatic hydroxyl groups is 1. The van der Waals surface area contributed by atoms with Crippen LogP contribution in [0.15, 0.2) is 48.5 Å². The van der Waals surface area contributed by atoms with Gasteiger partial charge in [0.25, 0.3) is 0 Å². The number of carbonyl (C=O) groups excluding carboxylic acids is 3. The van der Waals surface area contributed by atoms with Crippen LogP contribution in [0.3, 0.4) is 0 Å². The Morgan fingerprint density at radius 3 is 2.10 bits per heavy atom. The number of ether oxygens (including phenoxy) is 1. The molecular formula is C31H45N3O5. The van der Waals surface area contributed by atoms with E-state index < -0.39 is 41.1 Å². The Hall–Kier alpha value is -3.55. The number of amides is 3. The zero-order valence-electron chi connectivity index (χ0n) is 24.8. The first-order valence-electron chi connectivity index (χ1n) is 13.5. The minimum absolute atomic E-state index is 0.0502. The van der Waals surface area contributed by atoms with Crippen molar-refractivity contribution < 1.29 is 24.2 Å². The van der Waals surface area contributed by atoms with Gasteiger partial charge in [-0.15, -0.1) is 0 Å². The van der Waals surface area contributed by atoms with Crippen molar-refractivity contribution in [2.75, 3.05) is 0 Å². The maximum Gasteiger partial charge on any atom is 0.408 e. The quantitative estimate of drug-likeness (QED) is 0.374. The highest BCUT2D eigenvalue weighted by Crippen LogP contribution is 2.37. The summed E-state index contributed by atoms with van der Waals surface area (Å²) >= 11 is 0. The fourth-order valence-electron chi connectivity index (χ4n) is 4.28. The molecule has 214 valence electrons. The van der Waals surface area contributed by atoms with Gasteiger partial charge in [-0.05, 0) is 72.9 Å². The minimum Gasteiger partial charge on any atom is -0.507 e. The van der Waals surface area contributed by atoms with Crippen LogP contribution >= 0.6 is 0 Å². The molecule has 2 aromatic carbocycles. The lowest BCUT2D eigenvalue weighted by molar-refractivity contribution is -0.149. The van der Waals surface area contributed by atoms with E-state index in [1.54, 1.807) is 45.9 Å². The smallest absolute Gasteiger partial charge is 0.408 e. The molecule has 8 heteroatoms. The van der Waals surface area contributed by atoms with Gasteiger partial charge in [0.2, 0.25) is 11.8 Å². The Labute approximate surface area is 233 Å². The summed E-state index contributed by atoms with van der Waals surface area (Å²) in [7, 11) is 0. The Morgan fingerprint density at radius 2 is 1.56 bits per heavy atom. The number of carbonyl (C=O) groups is 3. The van der Waals surface area contributed by atoms with Crippen LogP contribution in [-0.2, 0) is 20.7 Å². The Balaban J connectivity index is 2.70. The molecule has 8 nitrogen and oxygen atoms in total. The lowest BCUT2D eigenvalue weighted by Gasteiger charge is -2.45. The minimum atomic E-state index is -1.14. The summed E-state index contributed by atoms with van der Waals surface area (Å²) in [5.41, 5.74) is 0.155. The molecule has 0 aromatic heterocycles. The van der Waals surface area contributed by atoms with Crippen molar-refractivity contribution in [2.45, 2.75) is 104 Å². The summed E-state index contributed by atoms with van der Waals surface area (Å²) in [6.07, 6.45) is -0.0259. The molecule has 0 heterocycles. The van der Waals surface area contributed by atoms with Crippen molar-refractivity contribution in [1.29, 1.82) is 0 Å². The number of para-hydroxylation sites is 1. The summed E-state index contributed by atoms with van der Waals surface area (Å²) < 4.78 is 5.49. The van der Waals surface area contributed by atoms with Gasteiger partial charge in [0, 0.05) is 23.6 Å². The SMILES string of the molecule is CCC(C)(C)N(C(=O)C(Cc1ccccc1)NC(=O)OC(C)(C)C)C(C(=O)NC(C)C)c1cccc(C)c1O. The van der Waals surface area contributed by atoms with E-state index in [2.05, 4.69) is 10.6 Å². The molecule has 0 bridgehead atoms. The average molecular weight is 540 g/mol. The molecular weight excluding hydrogens is 494 g/mol. The molecule has 0 fully saturated rings. The lowest BCUT2D eigenvalue weighted by atomic mass is 9.90. The van der Waals surface area contributed by atoms with Crippen LogP contribution in [0.5, 0.6) is 5.75 Å². The number of nitrogens with one attached hydrogen (secondary N) is 2. The number of hydrogen-bond acceptors (Lipinski definition) is 5. The van der Waals surface area contributed by atoms with Gasteiger partial charge in [-0.3, -0.25) is 9.59 Å². The Kier molecular flexibility index (Phi) is 10.6.